The quantitative estimate of drug-likeness (QED) is 0.790. The Labute approximate surface area is 121 Å². The summed E-state index contributed by atoms with van der Waals surface area (Å²) in [6, 6.07) is 16.0. The van der Waals surface area contributed by atoms with Gasteiger partial charge < -0.3 is 10.4 Å². The minimum atomic E-state index is 0.269. The Bertz CT molecular complexity index is 493. The van der Waals surface area contributed by atoms with Crippen molar-refractivity contribution in [3.05, 3.63) is 57.7 Å². The van der Waals surface area contributed by atoms with Crippen LogP contribution in [0.3, 0.4) is 0 Å². The van der Waals surface area contributed by atoms with Crippen LogP contribution in [0.2, 0.25) is 0 Å². The summed E-state index contributed by atoms with van der Waals surface area (Å²) in [5.74, 6) is 0.308. The van der Waals surface area contributed by atoms with E-state index < -0.39 is 0 Å². The summed E-state index contributed by atoms with van der Waals surface area (Å²) < 4.78 is 1.23. The standard InChI is InChI=1S/C15H16INO/c1-2-15(11-3-9-14(18)10-4-11)17-13-7-5-12(16)6-8-13/h3-10,15,17-18H,2H2,1H3. The molecule has 0 aromatic heterocycles. The lowest BCUT2D eigenvalue weighted by atomic mass is 10.0. The van der Waals surface area contributed by atoms with Crippen LogP contribution in [0, 0.1) is 3.57 Å². The molecule has 2 aromatic carbocycles. The second kappa shape index (κ2) is 6.09. The smallest absolute Gasteiger partial charge is 0.115 e. The SMILES string of the molecule is CCC(Nc1ccc(I)cc1)c1ccc(O)cc1. The molecule has 2 aromatic rings. The molecule has 0 aliphatic heterocycles. The van der Waals surface area contributed by atoms with Crippen LogP contribution in [-0.4, -0.2) is 5.11 Å². The summed E-state index contributed by atoms with van der Waals surface area (Å²) >= 11 is 2.30. The van der Waals surface area contributed by atoms with Crippen LogP contribution in [0.15, 0.2) is 48.5 Å². The van der Waals surface area contributed by atoms with Gasteiger partial charge in [-0.3, -0.25) is 0 Å². The van der Waals surface area contributed by atoms with Crippen LogP contribution >= 0.6 is 22.6 Å². The predicted octanol–water partition coefficient (Wildman–Crippen LogP) is 4.56. The van der Waals surface area contributed by atoms with Gasteiger partial charge in [0.1, 0.15) is 5.75 Å². The van der Waals surface area contributed by atoms with Gasteiger partial charge in [0.15, 0.2) is 0 Å². The van der Waals surface area contributed by atoms with Crippen molar-refractivity contribution in [1.82, 2.24) is 0 Å². The Morgan fingerprint density at radius 1 is 1.06 bits per heavy atom. The summed E-state index contributed by atoms with van der Waals surface area (Å²) in [4.78, 5) is 0. The normalized spacial score (nSPS) is 12.1. The summed E-state index contributed by atoms with van der Waals surface area (Å²) in [6.07, 6.45) is 0.997. The van der Waals surface area contributed by atoms with Gasteiger partial charge in [-0.2, -0.15) is 0 Å². The van der Waals surface area contributed by atoms with Gasteiger partial charge in [-0.25, -0.2) is 0 Å². The number of aromatic hydroxyl groups is 1. The molecular formula is C15H16INO. The number of hydrogen-bond donors (Lipinski definition) is 2. The summed E-state index contributed by atoms with van der Waals surface area (Å²) in [5.41, 5.74) is 2.31. The zero-order valence-electron chi connectivity index (χ0n) is 10.2. The molecular weight excluding hydrogens is 337 g/mol. The molecule has 0 spiro atoms. The Balaban J connectivity index is 2.14. The topological polar surface area (TPSA) is 32.3 Å². The van der Waals surface area contributed by atoms with Crippen molar-refractivity contribution in [2.45, 2.75) is 19.4 Å². The highest BCUT2D eigenvalue weighted by atomic mass is 127. The van der Waals surface area contributed by atoms with Crippen molar-refractivity contribution in [3.8, 4) is 5.75 Å². The predicted molar refractivity (Wildman–Crippen MR) is 83.9 cm³/mol. The first-order valence-electron chi connectivity index (χ1n) is 6.00. The molecule has 0 aliphatic carbocycles. The highest BCUT2D eigenvalue weighted by Gasteiger charge is 2.08. The van der Waals surface area contributed by atoms with Crippen LogP contribution in [0.4, 0.5) is 5.69 Å². The van der Waals surface area contributed by atoms with E-state index in [9.17, 15) is 5.11 Å². The fourth-order valence-corrected chi connectivity index (χ4v) is 2.23. The lowest BCUT2D eigenvalue weighted by Gasteiger charge is -2.19. The number of anilines is 1. The van der Waals surface area contributed by atoms with E-state index in [4.69, 9.17) is 0 Å². The molecule has 0 saturated carbocycles. The average molecular weight is 353 g/mol. The van der Waals surface area contributed by atoms with E-state index in [-0.39, 0.29) is 6.04 Å². The Morgan fingerprint density at radius 2 is 1.67 bits per heavy atom. The number of phenols is 1. The molecule has 1 unspecified atom stereocenters. The van der Waals surface area contributed by atoms with Gasteiger partial charge in [0.2, 0.25) is 0 Å². The fraction of sp³-hybridized carbons (Fsp3) is 0.200. The Kier molecular flexibility index (Phi) is 4.47. The van der Waals surface area contributed by atoms with E-state index in [0.29, 0.717) is 5.75 Å². The third kappa shape index (κ3) is 3.38. The molecule has 94 valence electrons. The first-order valence-corrected chi connectivity index (χ1v) is 7.08. The van der Waals surface area contributed by atoms with Gasteiger partial charge >= 0.3 is 0 Å². The molecule has 18 heavy (non-hydrogen) atoms. The second-order valence-electron chi connectivity index (χ2n) is 4.20. The monoisotopic (exact) mass is 353 g/mol. The lowest BCUT2D eigenvalue weighted by Crippen LogP contribution is -2.09. The number of phenolic OH excluding ortho intramolecular Hbond substituents is 1. The number of benzene rings is 2. The van der Waals surface area contributed by atoms with Gasteiger partial charge in [-0.05, 0) is 71.0 Å². The van der Waals surface area contributed by atoms with Crippen LogP contribution in [0.5, 0.6) is 5.75 Å². The molecule has 0 bridgehead atoms. The first-order chi connectivity index (χ1) is 8.69. The van der Waals surface area contributed by atoms with Gasteiger partial charge in [-0.15, -0.1) is 0 Å². The van der Waals surface area contributed by atoms with Gasteiger partial charge in [0.25, 0.3) is 0 Å². The summed E-state index contributed by atoms with van der Waals surface area (Å²) in [5, 5.41) is 12.8. The molecule has 3 heteroatoms. The highest BCUT2D eigenvalue weighted by molar-refractivity contribution is 14.1. The average Bonchev–Trinajstić information content (AvgIpc) is 2.39. The maximum absolute atomic E-state index is 9.31. The highest BCUT2D eigenvalue weighted by Crippen LogP contribution is 2.24. The van der Waals surface area contributed by atoms with Crippen LogP contribution in [0.25, 0.3) is 0 Å². The molecule has 0 heterocycles. The van der Waals surface area contributed by atoms with Crippen molar-refractivity contribution in [3.63, 3.8) is 0 Å². The van der Waals surface area contributed by atoms with Crippen molar-refractivity contribution in [2.24, 2.45) is 0 Å². The van der Waals surface area contributed by atoms with Gasteiger partial charge in [0.05, 0.1) is 6.04 Å². The van der Waals surface area contributed by atoms with Crippen LogP contribution in [0.1, 0.15) is 24.9 Å². The molecule has 0 fully saturated rings. The molecule has 1 atom stereocenters. The van der Waals surface area contributed by atoms with E-state index in [1.807, 2.05) is 12.1 Å². The van der Waals surface area contributed by atoms with Crippen molar-refractivity contribution < 1.29 is 5.11 Å². The zero-order valence-corrected chi connectivity index (χ0v) is 12.4. The maximum atomic E-state index is 9.31. The molecule has 0 radical (unpaired) electrons. The molecule has 2 nitrogen and oxygen atoms in total. The lowest BCUT2D eigenvalue weighted by molar-refractivity contribution is 0.475. The number of nitrogens with one attached hydrogen (secondary N) is 1. The number of rotatable bonds is 4. The van der Waals surface area contributed by atoms with Gasteiger partial charge in [0, 0.05) is 9.26 Å². The molecule has 0 amide bonds. The largest absolute Gasteiger partial charge is 0.508 e. The van der Waals surface area contributed by atoms with Crippen molar-refractivity contribution >= 4 is 28.3 Å². The summed E-state index contributed by atoms with van der Waals surface area (Å²) in [7, 11) is 0. The minimum absolute atomic E-state index is 0.269. The van der Waals surface area contributed by atoms with E-state index in [1.165, 1.54) is 9.13 Å². The van der Waals surface area contributed by atoms with E-state index >= 15 is 0 Å². The molecule has 2 rings (SSSR count). The number of halogens is 1. The fourth-order valence-electron chi connectivity index (χ4n) is 1.88. The third-order valence-electron chi connectivity index (χ3n) is 2.89. The van der Waals surface area contributed by atoms with E-state index in [2.05, 4.69) is 59.1 Å². The number of hydrogen-bond acceptors (Lipinski definition) is 2. The second-order valence-corrected chi connectivity index (χ2v) is 5.45. The maximum Gasteiger partial charge on any atom is 0.115 e. The van der Waals surface area contributed by atoms with E-state index in [0.717, 1.165) is 12.1 Å². The third-order valence-corrected chi connectivity index (χ3v) is 3.61. The van der Waals surface area contributed by atoms with E-state index in [1.54, 1.807) is 12.1 Å². The van der Waals surface area contributed by atoms with Crippen molar-refractivity contribution in [1.29, 1.82) is 0 Å². The van der Waals surface area contributed by atoms with Crippen molar-refractivity contribution in [2.75, 3.05) is 5.32 Å². The molecule has 0 aliphatic rings. The molecule has 0 saturated heterocycles. The minimum Gasteiger partial charge on any atom is -0.508 e. The first kappa shape index (κ1) is 13.2. The van der Waals surface area contributed by atoms with Gasteiger partial charge in [-0.1, -0.05) is 19.1 Å². The Hall–Kier alpha value is -1.23. The Morgan fingerprint density at radius 3 is 2.22 bits per heavy atom. The molecule has 2 N–H and O–H groups in total. The van der Waals surface area contributed by atoms with Crippen LogP contribution in [-0.2, 0) is 0 Å². The zero-order chi connectivity index (χ0) is 13.0. The summed E-state index contributed by atoms with van der Waals surface area (Å²) in [6.45, 7) is 2.15. The van der Waals surface area contributed by atoms with Crippen LogP contribution < -0.4 is 5.32 Å².